The SMILES string of the molecule is O=C(CBr)c1ccc([18F])cc1.[18F]CCBr.[18F]CCBr. The lowest BCUT2D eigenvalue weighted by molar-refractivity contribution is 0.102. The van der Waals surface area contributed by atoms with E-state index in [-0.39, 0.29) is 30.3 Å². The fourth-order valence-electron chi connectivity index (χ4n) is 0.713. The Bertz CT molecular complexity index is 313. The summed E-state index contributed by atoms with van der Waals surface area (Å²) in [6, 6.07) is 5.49. The second-order valence-corrected chi connectivity index (χ2v) is 4.97. The highest BCUT2D eigenvalue weighted by molar-refractivity contribution is 9.09. The molecule has 0 N–H and O–H groups in total. The van der Waals surface area contributed by atoms with E-state index in [0.717, 1.165) is 0 Å². The molecule has 0 bridgehead atoms. The summed E-state index contributed by atoms with van der Waals surface area (Å²) in [5.41, 5.74) is 0.531. The molecule has 1 rings (SSSR count). The van der Waals surface area contributed by atoms with E-state index in [0.29, 0.717) is 16.2 Å². The highest BCUT2D eigenvalue weighted by atomic mass is 79.9. The van der Waals surface area contributed by atoms with Crippen LogP contribution in [0.25, 0.3) is 0 Å². The first-order valence-electron chi connectivity index (χ1n) is 5.15. The Hall–Kier alpha value is 0.120. The van der Waals surface area contributed by atoms with Crippen molar-refractivity contribution in [3.8, 4) is 0 Å². The summed E-state index contributed by atoms with van der Waals surface area (Å²) in [4.78, 5) is 11.0. The van der Waals surface area contributed by atoms with Crippen LogP contribution in [0.3, 0.4) is 0 Å². The maximum Gasteiger partial charge on any atom is 0.173 e. The number of alkyl halides is 5. The molecule has 0 saturated carbocycles. The maximum absolute atomic E-state index is 12.3. The minimum Gasteiger partial charge on any atom is -0.293 e. The van der Waals surface area contributed by atoms with Gasteiger partial charge in [0.1, 0.15) is 5.82 Å². The molecule has 19 heavy (non-hydrogen) atoms. The maximum atomic E-state index is 12.3. The second-order valence-electron chi connectivity index (χ2n) is 2.82. The molecule has 0 aliphatic rings. The zero-order valence-electron chi connectivity index (χ0n) is 10.0. The van der Waals surface area contributed by atoms with E-state index < -0.39 is 0 Å². The summed E-state index contributed by atoms with van der Waals surface area (Å²) < 4.78 is 33.7. The van der Waals surface area contributed by atoms with Crippen LogP contribution in [0.5, 0.6) is 0 Å². The lowest BCUT2D eigenvalue weighted by Crippen LogP contribution is -1.98. The van der Waals surface area contributed by atoms with E-state index in [1.807, 2.05) is 0 Å². The molecule has 0 fully saturated rings. The van der Waals surface area contributed by atoms with Crippen molar-refractivity contribution in [2.75, 3.05) is 29.3 Å². The van der Waals surface area contributed by atoms with Gasteiger partial charge in [-0.15, -0.1) is 0 Å². The topological polar surface area (TPSA) is 17.1 Å². The van der Waals surface area contributed by atoms with Crippen LogP contribution in [0.2, 0.25) is 0 Å². The van der Waals surface area contributed by atoms with E-state index in [9.17, 15) is 18.0 Å². The van der Waals surface area contributed by atoms with Crippen LogP contribution in [-0.2, 0) is 0 Å². The van der Waals surface area contributed by atoms with Crippen molar-refractivity contribution in [1.29, 1.82) is 0 Å². The normalized spacial score (nSPS) is 8.74. The quantitative estimate of drug-likeness (QED) is 0.444. The number of halogens is 6. The van der Waals surface area contributed by atoms with Gasteiger partial charge in [-0.1, -0.05) is 47.8 Å². The summed E-state index contributed by atoms with van der Waals surface area (Å²) in [5.74, 6) is -0.360. The number of carbonyl (C=O) groups excluding carboxylic acids is 1. The molecule has 0 radical (unpaired) electrons. The summed E-state index contributed by atoms with van der Waals surface area (Å²) in [6.07, 6.45) is 0. The number of carbonyl (C=O) groups is 1. The van der Waals surface area contributed by atoms with Crippen molar-refractivity contribution >= 4 is 53.6 Å². The molecular weight excluding hydrogens is 454 g/mol. The monoisotopic (exact) mass is 465 g/mol. The van der Waals surface area contributed by atoms with Crippen molar-refractivity contribution < 1.29 is 18.0 Å². The van der Waals surface area contributed by atoms with Crippen LogP contribution in [-0.4, -0.2) is 35.1 Å². The lowest BCUT2D eigenvalue weighted by atomic mass is 10.1. The predicted octanol–water partition coefficient (Wildman–Crippen LogP) is 5.10. The Morgan fingerprint density at radius 2 is 1.32 bits per heavy atom. The summed E-state index contributed by atoms with van der Waals surface area (Å²) >= 11 is 8.77. The van der Waals surface area contributed by atoms with Gasteiger partial charge in [-0.2, -0.15) is 0 Å². The molecule has 0 saturated heterocycles. The summed E-state index contributed by atoms with van der Waals surface area (Å²) in [7, 11) is 0. The number of hydrogen-bond acceptors (Lipinski definition) is 1. The minimum absolute atomic E-state index is 0.0370. The molecule has 7 heteroatoms. The lowest BCUT2D eigenvalue weighted by Gasteiger charge is -1.94. The van der Waals surface area contributed by atoms with Gasteiger partial charge in [-0.05, 0) is 24.3 Å². The van der Waals surface area contributed by atoms with Crippen molar-refractivity contribution in [2.24, 2.45) is 0 Å². The Morgan fingerprint density at radius 3 is 1.58 bits per heavy atom. The highest BCUT2D eigenvalue weighted by Crippen LogP contribution is 2.04. The zero-order valence-corrected chi connectivity index (χ0v) is 14.8. The number of Topliss-reactive ketones (excluding diaryl/α,β-unsaturated/α-hetero) is 1. The molecular formula is C12H14Br3F3O. The first-order chi connectivity index (χ1) is 9.06. The molecule has 0 aliphatic carbocycles. The van der Waals surface area contributed by atoms with Crippen molar-refractivity contribution in [3.05, 3.63) is 35.6 Å². The number of ketones is 1. The molecule has 0 unspecified atom stereocenters. The Morgan fingerprint density at radius 1 is 0.947 bits per heavy atom. The molecule has 1 nitrogen and oxygen atoms in total. The third-order valence-corrected chi connectivity index (χ3v) is 2.54. The van der Waals surface area contributed by atoms with Gasteiger partial charge in [0.05, 0.1) is 18.7 Å². The fraction of sp³-hybridized carbons (Fsp3) is 0.417. The molecule has 1 aromatic rings. The Kier molecular flexibility index (Phi) is 18.2. The van der Waals surface area contributed by atoms with Gasteiger partial charge in [0.15, 0.2) is 5.78 Å². The predicted molar refractivity (Wildman–Crippen MR) is 84.1 cm³/mol. The van der Waals surface area contributed by atoms with Gasteiger partial charge in [-0.25, -0.2) is 4.39 Å². The first-order valence-corrected chi connectivity index (χ1v) is 8.52. The first kappa shape index (κ1) is 21.4. The van der Waals surface area contributed by atoms with E-state index in [4.69, 9.17) is 0 Å². The molecule has 0 aromatic heterocycles. The van der Waals surface area contributed by atoms with Crippen molar-refractivity contribution in [2.45, 2.75) is 0 Å². The Labute approximate surface area is 136 Å². The van der Waals surface area contributed by atoms with E-state index in [2.05, 4.69) is 47.8 Å². The van der Waals surface area contributed by atoms with E-state index >= 15 is 0 Å². The Balaban J connectivity index is 0. The van der Waals surface area contributed by atoms with Gasteiger partial charge in [-0.3, -0.25) is 13.6 Å². The third-order valence-electron chi connectivity index (χ3n) is 1.43. The smallest absolute Gasteiger partial charge is 0.173 e. The molecule has 0 amide bonds. The van der Waals surface area contributed by atoms with Crippen LogP contribution in [0.4, 0.5) is 13.2 Å². The molecule has 0 spiro atoms. The average molecular weight is 468 g/mol. The van der Waals surface area contributed by atoms with Crippen LogP contribution >= 0.6 is 47.8 Å². The average Bonchev–Trinajstić information content (AvgIpc) is 2.47. The minimum atomic E-state index is -0.323. The number of benzene rings is 1. The molecule has 0 heterocycles. The van der Waals surface area contributed by atoms with Crippen LogP contribution < -0.4 is 0 Å². The van der Waals surface area contributed by atoms with Gasteiger partial charge < -0.3 is 0 Å². The van der Waals surface area contributed by atoms with Gasteiger partial charge >= 0.3 is 0 Å². The van der Waals surface area contributed by atoms with Gasteiger partial charge in [0.25, 0.3) is 0 Å². The number of hydrogen-bond donors (Lipinski definition) is 0. The van der Waals surface area contributed by atoms with E-state index in [1.54, 1.807) is 0 Å². The molecule has 0 aliphatic heterocycles. The summed E-state index contributed by atoms with van der Waals surface area (Å²) in [5, 5.41) is 1.21. The van der Waals surface area contributed by atoms with E-state index in [1.165, 1.54) is 24.3 Å². The van der Waals surface area contributed by atoms with Crippen molar-refractivity contribution in [1.82, 2.24) is 0 Å². The molecule has 110 valence electrons. The largest absolute Gasteiger partial charge is 0.293 e. The second kappa shape index (κ2) is 16.2. The van der Waals surface area contributed by atoms with Crippen LogP contribution in [0, 0.1) is 5.82 Å². The molecule has 1 aromatic carbocycles. The molecule has 0 atom stereocenters. The van der Waals surface area contributed by atoms with Gasteiger partial charge in [0.2, 0.25) is 0 Å². The van der Waals surface area contributed by atoms with Crippen molar-refractivity contribution in [3.63, 3.8) is 0 Å². The number of rotatable bonds is 4. The summed E-state index contributed by atoms with van der Waals surface area (Å²) in [6.45, 7) is -0.528. The van der Waals surface area contributed by atoms with Gasteiger partial charge in [0, 0.05) is 16.2 Å². The van der Waals surface area contributed by atoms with Crippen LogP contribution in [0.1, 0.15) is 10.4 Å². The van der Waals surface area contributed by atoms with Crippen LogP contribution in [0.15, 0.2) is 24.3 Å². The standard InChI is InChI=1S/C8H6BrFO.2C2H4BrF/c9-5-8(11)6-1-3-7(10)4-2-6;2*3-1-2-4/h1-4H,5H2;2*1-2H2/i10-1;2*4-1. The zero-order chi connectivity index (χ0) is 15.1. The fourth-order valence-corrected chi connectivity index (χ4v) is 1.04. The highest BCUT2D eigenvalue weighted by Gasteiger charge is 2.01. The third kappa shape index (κ3) is 14.3.